The number of carbonyl (C=O) groups excluding carboxylic acids is 1. The van der Waals surface area contributed by atoms with Gasteiger partial charge in [0.05, 0.1) is 4.88 Å². The van der Waals surface area contributed by atoms with Crippen molar-refractivity contribution in [3.8, 4) is 11.1 Å². The standard InChI is InChI=1S/C11H7F2NOS/c12-9-2-1-8(10(13)11(9)14)6-3-7(4-15)16-5-6/h1-5H,14H2. The summed E-state index contributed by atoms with van der Waals surface area (Å²) in [6.07, 6.45) is 0.680. The van der Waals surface area contributed by atoms with E-state index in [9.17, 15) is 13.6 Å². The van der Waals surface area contributed by atoms with Crippen molar-refractivity contribution in [1.29, 1.82) is 0 Å². The minimum atomic E-state index is -0.796. The first-order valence-corrected chi connectivity index (χ1v) is 5.29. The molecule has 1 aromatic heterocycles. The molecule has 2 nitrogen and oxygen atoms in total. The average molecular weight is 239 g/mol. The van der Waals surface area contributed by atoms with Gasteiger partial charge in [0.15, 0.2) is 12.1 Å². The zero-order chi connectivity index (χ0) is 11.7. The number of hydrogen-bond donors (Lipinski definition) is 1. The summed E-state index contributed by atoms with van der Waals surface area (Å²) >= 11 is 1.19. The maximum atomic E-state index is 13.6. The molecule has 0 unspecified atom stereocenters. The van der Waals surface area contributed by atoms with Crippen molar-refractivity contribution in [2.45, 2.75) is 0 Å². The SMILES string of the molecule is Nc1c(F)ccc(-c2csc(C=O)c2)c1F. The second kappa shape index (κ2) is 4.02. The van der Waals surface area contributed by atoms with Crippen LogP contribution in [0, 0.1) is 11.6 Å². The van der Waals surface area contributed by atoms with Crippen molar-refractivity contribution in [1.82, 2.24) is 0 Å². The molecular weight excluding hydrogens is 232 g/mol. The van der Waals surface area contributed by atoms with E-state index in [1.807, 2.05) is 0 Å². The van der Waals surface area contributed by atoms with Crippen molar-refractivity contribution in [2.24, 2.45) is 0 Å². The van der Waals surface area contributed by atoms with E-state index in [-0.39, 0.29) is 5.56 Å². The lowest BCUT2D eigenvalue weighted by atomic mass is 10.1. The zero-order valence-corrected chi connectivity index (χ0v) is 8.85. The Morgan fingerprint density at radius 1 is 1.31 bits per heavy atom. The van der Waals surface area contributed by atoms with Crippen molar-refractivity contribution in [3.63, 3.8) is 0 Å². The van der Waals surface area contributed by atoms with Crippen molar-refractivity contribution in [3.05, 3.63) is 40.1 Å². The monoisotopic (exact) mass is 239 g/mol. The highest BCUT2D eigenvalue weighted by atomic mass is 32.1. The van der Waals surface area contributed by atoms with Gasteiger partial charge in [-0.05, 0) is 29.1 Å². The molecule has 2 aromatic rings. The lowest BCUT2D eigenvalue weighted by Gasteiger charge is -2.04. The van der Waals surface area contributed by atoms with Crippen LogP contribution in [-0.2, 0) is 0 Å². The number of nitrogen functional groups attached to an aromatic ring is 1. The highest BCUT2D eigenvalue weighted by Gasteiger charge is 2.13. The molecule has 2 N–H and O–H groups in total. The molecule has 82 valence electrons. The molecule has 2 rings (SSSR count). The van der Waals surface area contributed by atoms with Crippen molar-refractivity contribution >= 4 is 23.3 Å². The van der Waals surface area contributed by atoms with E-state index in [0.29, 0.717) is 16.7 Å². The molecule has 5 heteroatoms. The van der Waals surface area contributed by atoms with Gasteiger partial charge in [-0.25, -0.2) is 8.78 Å². The Morgan fingerprint density at radius 3 is 2.69 bits per heavy atom. The topological polar surface area (TPSA) is 43.1 Å². The summed E-state index contributed by atoms with van der Waals surface area (Å²) in [7, 11) is 0. The van der Waals surface area contributed by atoms with Gasteiger partial charge in [0, 0.05) is 5.56 Å². The number of anilines is 1. The Kier molecular flexibility index (Phi) is 2.70. The summed E-state index contributed by atoms with van der Waals surface area (Å²) in [6, 6.07) is 3.94. The normalized spacial score (nSPS) is 10.4. The molecule has 0 fully saturated rings. The van der Waals surface area contributed by atoms with E-state index in [2.05, 4.69) is 0 Å². The Morgan fingerprint density at radius 2 is 2.06 bits per heavy atom. The number of rotatable bonds is 2. The summed E-state index contributed by atoms with van der Waals surface area (Å²) < 4.78 is 26.5. The number of aldehydes is 1. The number of halogens is 2. The molecular formula is C11H7F2NOS. The highest BCUT2D eigenvalue weighted by molar-refractivity contribution is 7.12. The lowest BCUT2D eigenvalue weighted by molar-refractivity contribution is 0.112. The summed E-state index contributed by atoms with van der Waals surface area (Å²) in [5.41, 5.74) is 5.46. The zero-order valence-electron chi connectivity index (χ0n) is 8.04. The van der Waals surface area contributed by atoms with Crippen LogP contribution in [-0.4, -0.2) is 6.29 Å². The molecule has 0 spiro atoms. The van der Waals surface area contributed by atoms with Crippen LogP contribution >= 0.6 is 11.3 Å². The van der Waals surface area contributed by atoms with Crippen LogP contribution in [0.1, 0.15) is 9.67 Å². The van der Waals surface area contributed by atoms with Gasteiger partial charge in [-0.2, -0.15) is 0 Å². The first kappa shape index (κ1) is 10.8. The van der Waals surface area contributed by atoms with E-state index in [0.717, 1.165) is 6.07 Å². The molecule has 1 heterocycles. The fourth-order valence-corrected chi connectivity index (χ4v) is 2.06. The van der Waals surface area contributed by atoms with Gasteiger partial charge in [-0.1, -0.05) is 0 Å². The van der Waals surface area contributed by atoms with Crippen LogP contribution in [0.4, 0.5) is 14.5 Å². The van der Waals surface area contributed by atoms with Gasteiger partial charge >= 0.3 is 0 Å². The maximum absolute atomic E-state index is 13.6. The van der Waals surface area contributed by atoms with Crippen molar-refractivity contribution < 1.29 is 13.6 Å². The van der Waals surface area contributed by atoms with Gasteiger partial charge in [0.2, 0.25) is 0 Å². The molecule has 0 atom stereocenters. The second-order valence-electron chi connectivity index (χ2n) is 3.18. The number of benzene rings is 1. The van der Waals surface area contributed by atoms with E-state index in [1.54, 1.807) is 5.38 Å². The first-order valence-electron chi connectivity index (χ1n) is 4.41. The summed E-state index contributed by atoms with van der Waals surface area (Å²) in [6.45, 7) is 0. The molecule has 0 aliphatic rings. The molecule has 0 radical (unpaired) electrons. The van der Waals surface area contributed by atoms with Crippen molar-refractivity contribution in [2.75, 3.05) is 5.73 Å². The Balaban J connectivity index is 2.56. The fourth-order valence-electron chi connectivity index (χ4n) is 1.35. The van der Waals surface area contributed by atoms with Crippen LogP contribution in [0.15, 0.2) is 23.6 Å². The first-order chi connectivity index (χ1) is 7.63. The Hall–Kier alpha value is -1.75. The predicted octanol–water partition coefficient (Wildman–Crippen LogP) is 3.09. The summed E-state index contributed by atoms with van der Waals surface area (Å²) in [4.78, 5) is 11.0. The number of thiophene rings is 1. The van der Waals surface area contributed by atoms with E-state index in [1.165, 1.54) is 23.5 Å². The molecule has 0 saturated carbocycles. The molecule has 0 aliphatic heterocycles. The van der Waals surface area contributed by atoms with E-state index < -0.39 is 17.3 Å². The van der Waals surface area contributed by atoms with Gasteiger partial charge < -0.3 is 5.73 Å². The molecule has 0 saturated heterocycles. The van der Waals surface area contributed by atoms with Crippen LogP contribution in [0.3, 0.4) is 0 Å². The summed E-state index contributed by atoms with van der Waals surface area (Å²) in [5.74, 6) is -1.58. The number of hydrogen-bond acceptors (Lipinski definition) is 3. The van der Waals surface area contributed by atoms with Gasteiger partial charge in [-0.3, -0.25) is 4.79 Å². The predicted molar refractivity (Wildman–Crippen MR) is 59.5 cm³/mol. The number of nitrogens with two attached hydrogens (primary N) is 1. The minimum absolute atomic E-state index is 0.197. The lowest BCUT2D eigenvalue weighted by Crippen LogP contribution is -1.97. The minimum Gasteiger partial charge on any atom is -0.394 e. The highest BCUT2D eigenvalue weighted by Crippen LogP contribution is 2.30. The Bertz CT molecular complexity index is 551. The van der Waals surface area contributed by atoms with Crippen LogP contribution in [0.25, 0.3) is 11.1 Å². The molecule has 0 bridgehead atoms. The molecule has 1 aromatic carbocycles. The fraction of sp³-hybridized carbons (Fsp3) is 0. The Labute approximate surface area is 94.3 Å². The van der Waals surface area contributed by atoms with Crippen LogP contribution in [0.2, 0.25) is 0 Å². The maximum Gasteiger partial charge on any atom is 0.160 e. The van der Waals surface area contributed by atoms with E-state index in [4.69, 9.17) is 5.73 Å². The summed E-state index contributed by atoms with van der Waals surface area (Å²) in [5, 5.41) is 1.62. The third-order valence-electron chi connectivity index (χ3n) is 2.17. The third kappa shape index (κ3) is 1.69. The largest absolute Gasteiger partial charge is 0.394 e. The van der Waals surface area contributed by atoms with E-state index >= 15 is 0 Å². The quantitative estimate of drug-likeness (QED) is 0.646. The van der Waals surface area contributed by atoms with Gasteiger partial charge in [-0.15, -0.1) is 11.3 Å². The molecule has 0 aliphatic carbocycles. The molecule has 0 amide bonds. The van der Waals surface area contributed by atoms with Gasteiger partial charge in [0.25, 0.3) is 0 Å². The number of carbonyl (C=O) groups is 1. The third-order valence-corrected chi connectivity index (χ3v) is 3.03. The second-order valence-corrected chi connectivity index (χ2v) is 4.12. The van der Waals surface area contributed by atoms with Crippen LogP contribution in [0.5, 0.6) is 0 Å². The van der Waals surface area contributed by atoms with Crippen LogP contribution < -0.4 is 5.73 Å². The average Bonchev–Trinajstić information content (AvgIpc) is 2.74. The molecule has 16 heavy (non-hydrogen) atoms. The van der Waals surface area contributed by atoms with Gasteiger partial charge in [0.1, 0.15) is 11.5 Å². The smallest absolute Gasteiger partial charge is 0.160 e.